The predicted octanol–water partition coefficient (Wildman–Crippen LogP) is -0.120. The lowest BCUT2D eigenvalue weighted by Crippen LogP contribution is -2.40. The molecule has 0 aromatic carbocycles. The van der Waals surface area contributed by atoms with Crippen molar-refractivity contribution in [1.29, 1.82) is 0 Å². The van der Waals surface area contributed by atoms with Gasteiger partial charge in [-0.3, -0.25) is 9.69 Å². The van der Waals surface area contributed by atoms with Crippen LogP contribution in [0.5, 0.6) is 0 Å². The summed E-state index contributed by atoms with van der Waals surface area (Å²) in [7, 11) is 0. The standard InChI is InChI=1S/C8H15NO3/c1-8(12-7-10)6-9-2-4-11-5-3-9/h7-8H,2-6H2,1H3. The third-order valence-electron chi connectivity index (χ3n) is 1.91. The summed E-state index contributed by atoms with van der Waals surface area (Å²) in [4.78, 5) is 12.2. The molecular weight excluding hydrogens is 158 g/mol. The fourth-order valence-electron chi connectivity index (χ4n) is 1.29. The van der Waals surface area contributed by atoms with Crippen LogP contribution in [0, 0.1) is 0 Å². The van der Waals surface area contributed by atoms with Gasteiger partial charge < -0.3 is 9.47 Å². The van der Waals surface area contributed by atoms with Crippen LogP contribution in [0.2, 0.25) is 0 Å². The molecule has 1 heterocycles. The van der Waals surface area contributed by atoms with Gasteiger partial charge in [0.2, 0.25) is 0 Å². The average Bonchev–Trinajstić information content (AvgIpc) is 2.06. The molecule has 1 aliphatic heterocycles. The van der Waals surface area contributed by atoms with Crippen molar-refractivity contribution in [2.24, 2.45) is 0 Å². The van der Waals surface area contributed by atoms with Crippen LogP contribution in [0.15, 0.2) is 0 Å². The van der Waals surface area contributed by atoms with Gasteiger partial charge >= 0.3 is 0 Å². The van der Waals surface area contributed by atoms with E-state index in [1.165, 1.54) is 0 Å². The highest BCUT2D eigenvalue weighted by Crippen LogP contribution is 1.99. The van der Waals surface area contributed by atoms with Crippen LogP contribution >= 0.6 is 0 Å². The van der Waals surface area contributed by atoms with Crippen LogP contribution in [0.4, 0.5) is 0 Å². The minimum atomic E-state index is -0.0133. The quantitative estimate of drug-likeness (QED) is 0.556. The monoisotopic (exact) mass is 173 g/mol. The maximum absolute atomic E-state index is 9.99. The van der Waals surface area contributed by atoms with Gasteiger partial charge in [-0.25, -0.2) is 0 Å². The third-order valence-corrected chi connectivity index (χ3v) is 1.91. The molecule has 1 fully saturated rings. The average molecular weight is 173 g/mol. The van der Waals surface area contributed by atoms with Gasteiger partial charge in [0.1, 0.15) is 6.10 Å². The normalized spacial score (nSPS) is 21.8. The fraction of sp³-hybridized carbons (Fsp3) is 0.875. The molecule has 12 heavy (non-hydrogen) atoms. The highest BCUT2D eigenvalue weighted by atomic mass is 16.5. The summed E-state index contributed by atoms with van der Waals surface area (Å²) in [6, 6.07) is 0. The molecule has 1 unspecified atom stereocenters. The Morgan fingerprint density at radius 1 is 1.58 bits per heavy atom. The molecule has 1 aliphatic rings. The first-order chi connectivity index (χ1) is 5.83. The molecule has 0 bridgehead atoms. The molecule has 0 radical (unpaired) electrons. The molecule has 1 atom stereocenters. The van der Waals surface area contributed by atoms with Crippen LogP contribution in [0.25, 0.3) is 0 Å². The Labute approximate surface area is 72.4 Å². The van der Waals surface area contributed by atoms with Crippen LogP contribution in [-0.2, 0) is 14.3 Å². The van der Waals surface area contributed by atoms with Crippen LogP contribution in [0.3, 0.4) is 0 Å². The van der Waals surface area contributed by atoms with Crippen molar-refractivity contribution in [3.63, 3.8) is 0 Å². The van der Waals surface area contributed by atoms with Gasteiger partial charge in [-0.15, -0.1) is 0 Å². The number of ether oxygens (including phenoxy) is 2. The number of morpholine rings is 1. The Morgan fingerprint density at radius 3 is 2.83 bits per heavy atom. The Bertz CT molecular complexity index is 134. The van der Waals surface area contributed by atoms with E-state index < -0.39 is 0 Å². The number of rotatable bonds is 4. The SMILES string of the molecule is CC(CN1CCOCC1)OC=O. The summed E-state index contributed by atoms with van der Waals surface area (Å²) in [6.45, 7) is 6.65. The molecule has 4 nitrogen and oxygen atoms in total. The number of carbonyl (C=O) groups is 1. The molecule has 0 aromatic heterocycles. The summed E-state index contributed by atoms with van der Waals surface area (Å²) in [5, 5.41) is 0. The Morgan fingerprint density at radius 2 is 2.25 bits per heavy atom. The summed E-state index contributed by atoms with van der Waals surface area (Å²) in [5.74, 6) is 0. The van der Waals surface area contributed by atoms with Crippen LogP contribution in [0.1, 0.15) is 6.92 Å². The predicted molar refractivity (Wildman–Crippen MR) is 43.9 cm³/mol. The molecule has 0 spiro atoms. The Kier molecular flexibility index (Phi) is 4.04. The van der Waals surface area contributed by atoms with E-state index in [0.29, 0.717) is 6.47 Å². The highest BCUT2D eigenvalue weighted by Gasteiger charge is 2.13. The van der Waals surface area contributed by atoms with E-state index in [1.807, 2.05) is 6.92 Å². The maximum atomic E-state index is 9.99. The minimum absolute atomic E-state index is 0.0133. The molecule has 1 saturated heterocycles. The maximum Gasteiger partial charge on any atom is 0.293 e. The number of hydrogen-bond acceptors (Lipinski definition) is 4. The third kappa shape index (κ3) is 3.19. The lowest BCUT2D eigenvalue weighted by atomic mass is 10.3. The second kappa shape index (κ2) is 5.11. The van der Waals surface area contributed by atoms with Crippen molar-refractivity contribution in [3.05, 3.63) is 0 Å². The molecule has 0 amide bonds. The topological polar surface area (TPSA) is 38.8 Å². The first-order valence-corrected chi connectivity index (χ1v) is 4.22. The zero-order valence-electron chi connectivity index (χ0n) is 7.36. The van der Waals surface area contributed by atoms with Crippen molar-refractivity contribution in [1.82, 2.24) is 4.90 Å². The second-order valence-corrected chi connectivity index (χ2v) is 2.96. The number of nitrogens with zero attached hydrogens (tertiary/aromatic N) is 1. The van der Waals surface area contributed by atoms with Gasteiger partial charge in [0, 0.05) is 19.6 Å². The van der Waals surface area contributed by atoms with E-state index >= 15 is 0 Å². The fourth-order valence-corrected chi connectivity index (χ4v) is 1.29. The van der Waals surface area contributed by atoms with E-state index in [1.54, 1.807) is 0 Å². The van der Waals surface area contributed by atoms with Crippen LogP contribution < -0.4 is 0 Å². The minimum Gasteiger partial charge on any atom is -0.464 e. The lowest BCUT2D eigenvalue weighted by molar-refractivity contribution is -0.134. The van der Waals surface area contributed by atoms with E-state index in [9.17, 15) is 4.79 Å². The summed E-state index contributed by atoms with van der Waals surface area (Å²) in [6.07, 6.45) is -0.0133. The lowest BCUT2D eigenvalue weighted by Gasteiger charge is -2.28. The Hall–Kier alpha value is -0.610. The number of carbonyl (C=O) groups excluding carboxylic acids is 1. The highest BCUT2D eigenvalue weighted by molar-refractivity contribution is 5.37. The van der Waals surface area contributed by atoms with Gasteiger partial charge in [-0.05, 0) is 6.92 Å². The van der Waals surface area contributed by atoms with E-state index in [4.69, 9.17) is 9.47 Å². The summed E-state index contributed by atoms with van der Waals surface area (Å²) < 4.78 is 9.97. The number of hydrogen-bond donors (Lipinski definition) is 0. The smallest absolute Gasteiger partial charge is 0.293 e. The van der Waals surface area contributed by atoms with Crippen molar-refractivity contribution in [3.8, 4) is 0 Å². The zero-order valence-corrected chi connectivity index (χ0v) is 7.36. The second-order valence-electron chi connectivity index (χ2n) is 2.96. The molecule has 4 heteroatoms. The van der Waals surface area contributed by atoms with Crippen molar-refractivity contribution in [2.75, 3.05) is 32.8 Å². The molecule has 1 rings (SSSR count). The molecular formula is C8H15NO3. The van der Waals surface area contributed by atoms with E-state index in [2.05, 4.69) is 4.90 Å². The first-order valence-electron chi connectivity index (χ1n) is 4.22. The molecule has 0 aromatic rings. The van der Waals surface area contributed by atoms with Crippen molar-refractivity contribution in [2.45, 2.75) is 13.0 Å². The van der Waals surface area contributed by atoms with Gasteiger partial charge in [0.05, 0.1) is 13.2 Å². The molecule has 0 N–H and O–H groups in total. The first kappa shape index (κ1) is 9.48. The van der Waals surface area contributed by atoms with Gasteiger partial charge in [-0.2, -0.15) is 0 Å². The Balaban J connectivity index is 2.15. The van der Waals surface area contributed by atoms with Gasteiger partial charge in [-0.1, -0.05) is 0 Å². The van der Waals surface area contributed by atoms with Gasteiger partial charge in [0.15, 0.2) is 0 Å². The van der Waals surface area contributed by atoms with Crippen LogP contribution in [-0.4, -0.2) is 50.3 Å². The molecule has 0 aliphatic carbocycles. The molecule has 70 valence electrons. The summed E-state index contributed by atoms with van der Waals surface area (Å²) in [5.41, 5.74) is 0. The largest absolute Gasteiger partial charge is 0.464 e. The van der Waals surface area contributed by atoms with Gasteiger partial charge in [0.25, 0.3) is 6.47 Å². The van der Waals surface area contributed by atoms with E-state index in [-0.39, 0.29) is 6.10 Å². The molecule has 0 saturated carbocycles. The zero-order chi connectivity index (χ0) is 8.81. The van der Waals surface area contributed by atoms with Crippen molar-refractivity contribution < 1.29 is 14.3 Å². The van der Waals surface area contributed by atoms with Crippen molar-refractivity contribution >= 4 is 6.47 Å². The summed E-state index contributed by atoms with van der Waals surface area (Å²) >= 11 is 0. The van der Waals surface area contributed by atoms with E-state index in [0.717, 1.165) is 32.8 Å².